The third kappa shape index (κ3) is 1.23. The van der Waals surface area contributed by atoms with E-state index in [-0.39, 0.29) is 0 Å². The first-order valence-corrected chi connectivity index (χ1v) is 5.71. The molecule has 13 heavy (non-hydrogen) atoms. The van der Waals surface area contributed by atoms with E-state index in [1.165, 1.54) is 25.7 Å². The summed E-state index contributed by atoms with van der Waals surface area (Å²) in [5.41, 5.74) is 6.29. The van der Waals surface area contributed by atoms with E-state index in [1.807, 2.05) is 0 Å². The Balaban J connectivity index is 1.60. The fourth-order valence-corrected chi connectivity index (χ4v) is 3.62. The molecule has 0 radical (unpaired) electrons. The molecule has 3 rings (SSSR count). The second kappa shape index (κ2) is 2.96. The maximum absolute atomic E-state index is 6.29. The van der Waals surface area contributed by atoms with Crippen LogP contribution in [0.25, 0.3) is 0 Å². The summed E-state index contributed by atoms with van der Waals surface area (Å²) in [4.78, 5) is 0. The molecule has 2 saturated carbocycles. The minimum absolute atomic E-state index is 0.456. The van der Waals surface area contributed by atoms with Crippen molar-refractivity contribution in [2.24, 2.45) is 29.4 Å². The SMILES string of the molecule is NC(C1CCOC1)C1C2CCCC21. The molecular weight excluding hydrogens is 162 g/mol. The molecule has 3 aliphatic rings. The van der Waals surface area contributed by atoms with E-state index in [0.717, 1.165) is 31.0 Å². The fourth-order valence-electron chi connectivity index (χ4n) is 3.62. The van der Waals surface area contributed by atoms with E-state index in [0.29, 0.717) is 12.0 Å². The smallest absolute Gasteiger partial charge is 0.0510 e. The molecule has 0 aromatic rings. The second-order valence-corrected chi connectivity index (χ2v) is 5.04. The lowest BCUT2D eigenvalue weighted by Crippen LogP contribution is -2.34. The van der Waals surface area contributed by atoms with Crippen molar-refractivity contribution in [3.63, 3.8) is 0 Å². The van der Waals surface area contributed by atoms with Crippen LogP contribution in [0.2, 0.25) is 0 Å². The summed E-state index contributed by atoms with van der Waals surface area (Å²) in [5, 5.41) is 0. The largest absolute Gasteiger partial charge is 0.381 e. The van der Waals surface area contributed by atoms with Gasteiger partial charge in [0.2, 0.25) is 0 Å². The van der Waals surface area contributed by atoms with E-state index in [2.05, 4.69) is 0 Å². The van der Waals surface area contributed by atoms with E-state index >= 15 is 0 Å². The van der Waals surface area contributed by atoms with Gasteiger partial charge in [-0.3, -0.25) is 0 Å². The zero-order valence-corrected chi connectivity index (χ0v) is 8.11. The van der Waals surface area contributed by atoms with Crippen LogP contribution >= 0.6 is 0 Å². The van der Waals surface area contributed by atoms with Crippen LogP contribution in [0.15, 0.2) is 0 Å². The number of nitrogens with two attached hydrogens (primary N) is 1. The minimum Gasteiger partial charge on any atom is -0.381 e. The van der Waals surface area contributed by atoms with Crippen molar-refractivity contribution in [1.29, 1.82) is 0 Å². The quantitative estimate of drug-likeness (QED) is 0.699. The Kier molecular flexibility index (Phi) is 1.88. The lowest BCUT2D eigenvalue weighted by molar-refractivity contribution is 0.177. The van der Waals surface area contributed by atoms with Crippen LogP contribution in [0.5, 0.6) is 0 Å². The van der Waals surface area contributed by atoms with Crippen LogP contribution in [-0.4, -0.2) is 19.3 Å². The highest BCUT2D eigenvalue weighted by Crippen LogP contribution is 2.59. The van der Waals surface area contributed by atoms with Crippen LogP contribution in [-0.2, 0) is 4.74 Å². The number of rotatable bonds is 2. The third-order valence-corrected chi connectivity index (χ3v) is 4.43. The van der Waals surface area contributed by atoms with Gasteiger partial charge in [0, 0.05) is 12.6 Å². The fraction of sp³-hybridized carbons (Fsp3) is 1.00. The Labute approximate surface area is 79.8 Å². The predicted molar refractivity (Wildman–Crippen MR) is 51.2 cm³/mol. The summed E-state index contributed by atoms with van der Waals surface area (Å²) >= 11 is 0. The third-order valence-electron chi connectivity index (χ3n) is 4.43. The van der Waals surface area contributed by atoms with E-state index < -0.39 is 0 Å². The van der Waals surface area contributed by atoms with E-state index in [1.54, 1.807) is 0 Å². The lowest BCUT2D eigenvalue weighted by atomic mass is 9.92. The Morgan fingerprint density at radius 3 is 2.54 bits per heavy atom. The normalized spacial score (nSPS) is 50.5. The first-order chi connectivity index (χ1) is 6.38. The highest BCUT2D eigenvalue weighted by atomic mass is 16.5. The lowest BCUT2D eigenvalue weighted by Gasteiger charge is -2.19. The summed E-state index contributed by atoms with van der Waals surface area (Å²) in [7, 11) is 0. The molecule has 0 aromatic heterocycles. The number of ether oxygens (including phenoxy) is 1. The van der Waals surface area contributed by atoms with Crippen molar-refractivity contribution in [3.8, 4) is 0 Å². The molecule has 3 fully saturated rings. The summed E-state index contributed by atoms with van der Waals surface area (Å²) in [6.07, 6.45) is 5.57. The standard InChI is InChI=1S/C11H19NO/c12-11(7-4-5-13-6-7)10-8-2-1-3-9(8)10/h7-11H,1-6,12H2. The van der Waals surface area contributed by atoms with Gasteiger partial charge in [0.25, 0.3) is 0 Å². The van der Waals surface area contributed by atoms with Gasteiger partial charge in [0.15, 0.2) is 0 Å². The van der Waals surface area contributed by atoms with E-state index in [9.17, 15) is 0 Å². The molecule has 2 N–H and O–H groups in total. The molecular formula is C11H19NO. The van der Waals surface area contributed by atoms with Crippen LogP contribution in [0.1, 0.15) is 25.7 Å². The summed E-state index contributed by atoms with van der Waals surface area (Å²) in [6, 6.07) is 0.456. The summed E-state index contributed by atoms with van der Waals surface area (Å²) in [6.45, 7) is 1.87. The average Bonchev–Trinajstić information content (AvgIpc) is 2.68. The van der Waals surface area contributed by atoms with Crippen molar-refractivity contribution in [2.45, 2.75) is 31.7 Å². The van der Waals surface area contributed by atoms with Gasteiger partial charge in [-0.15, -0.1) is 0 Å². The highest BCUT2D eigenvalue weighted by Gasteiger charge is 2.56. The van der Waals surface area contributed by atoms with E-state index in [4.69, 9.17) is 10.5 Å². The molecule has 0 bridgehead atoms. The summed E-state index contributed by atoms with van der Waals surface area (Å²) < 4.78 is 5.40. The predicted octanol–water partition coefficient (Wildman–Crippen LogP) is 1.40. The van der Waals surface area contributed by atoms with Crippen LogP contribution in [0, 0.1) is 23.7 Å². The summed E-state index contributed by atoms with van der Waals surface area (Å²) in [5.74, 6) is 3.57. The monoisotopic (exact) mass is 181 g/mol. The first kappa shape index (κ1) is 8.25. The zero-order chi connectivity index (χ0) is 8.84. The van der Waals surface area contributed by atoms with Crippen molar-refractivity contribution >= 4 is 0 Å². The van der Waals surface area contributed by atoms with Crippen LogP contribution in [0.4, 0.5) is 0 Å². The van der Waals surface area contributed by atoms with Gasteiger partial charge < -0.3 is 10.5 Å². The van der Waals surface area contributed by atoms with Gasteiger partial charge in [-0.1, -0.05) is 6.42 Å². The molecule has 1 heterocycles. The van der Waals surface area contributed by atoms with Crippen LogP contribution in [0.3, 0.4) is 0 Å². The van der Waals surface area contributed by atoms with Crippen molar-refractivity contribution in [1.82, 2.24) is 0 Å². The number of hydrogen-bond donors (Lipinski definition) is 1. The minimum atomic E-state index is 0.456. The maximum Gasteiger partial charge on any atom is 0.0510 e. The Hall–Kier alpha value is -0.0800. The Morgan fingerprint density at radius 1 is 1.15 bits per heavy atom. The number of fused-ring (bicyclic) bond motifs is 1. The molecule has 0 aromatic carbocycles. The van der Waals surface area contributed by atoms with Gasteiger partial charge in [0.1, 0.15) is 0 Å². The average molecular weight is 181 g/mol. The molecule has 2 nitrogen and oxygen atoms in total. The molecule has 2 heteroatoms. The maximum atomic E-state index is 6.29. The van der Waals surface area contributed by atoms with Gasteiger partial charge in [-0.25, -0.2) is 0 Å². The highest BCUT2D eigenvalue weighted by molar-refractivity contribution is 5.07. The Bertz CT molecular complexity index is 190. The van der Waals surface area contributed by atoms with Gasteiger partial charge >= 0.3 is 0 Å². The second-order valence-electron chi connectivity index (χ2n) is 5.04. The molecule has 0 amide bonds. The molecule has 1 aliphatic heterocycles. The molecule has 2 aliphatic carbocycles. The Morgan fingerprint density at radius 2 is 1.92 bits per heavy atom. The van der Waals surface area contributed by atoms with Crippen molar-refractivity contribution in [2.75, 3.05) is 13.2 Å². The number of hydrogen-bond acceptors (Lipinski definition) is 2. The molecule has 74 valence electrons. The van der Waals surface area contributed by atoms with Gasteiger partial charge in [-0.05, 0) is 42.9 Å². The molecule has 0 spiro atoms. The zero-order valence-electron chi connectivity index (χ0n) is 8.11. The topological polar surface area (TPSA) is 35.2 Å². The van der Waals surface area contributed by atoms with Crippen molar-refractivity contribution < 1.29 is 4.74 Å². The van der Waals surface area contributed by atoms with Gasteiger partial charge in [0.05, 0.1) is 6.61 Å². The van der Waals surface area contributed by atoms with Crippen molar-refractivity contribution in [3.05, 3.63) is 0 Å². The van der Waals surface area contributed by atoms with Crippen LogP contribution < -0.4 is 5.73 Å². The molecule has 4 atom stereocenters. The molecule has 4 unspecified atom stereocenters. The molecule has 1 saturated heterocycles. The van der Waals surface area contributed by atoms with Gasteiger partial charge in [-0.2, -0.15) is 0 Å². The first-order valence-electron chi connectivity index (χ1n) is 5.71.